The standard InChI is InChI=1S/C28H38N2O5/c1-6-7-17-30-26(31)15-13-22(27(30)21-10-8-9-11-23(21)33-3)28(32)29(2)18-16-20-12-14-24(34-4)25(19-20)35-5/h8-12,14,19,22,27H,6-7,13,15-18H2,1-5H3. The van der Waals surface area contributed by atoms with Gasteiger partial charge in [-0.15, -0.1) is 0 Å². The minimum absolute atomic E-state index is 0.0513. The second-order valence-corrected chi connectivity index (χ2v) is 8.97. The highest BCUT2D eigenvalue weighted by atomic mass is 16.5. The van der Waals surface area contributed by atoms with Crippen molar-refractivity contribution in [2.75, 3.05) is 41.5 Å². The Morgan fingerprint density at radius 1 is 1.03 bits per heavy atom. The second-order valence-electron chi connectivity index (χ2n) is 8.97. The first-order valence-electron chi connectivity index (χ1n) is 12.3. The van der Waals surface area contributed by atoms with E-state index >= 15 is 0 Å². The van der Waals surface area contributed by atoms with E-state index in [2.05, 4.69) is 6.92 Å². The fourth-order valence-electron chi connectivity index (χ4n) is 4.83. The summed E-state index contributed by atoms with van der Waals surface area (Å²) in [5, 5.41) is 0. The fourth-order valence-corrected chi connectivity index (χ4v) is 4.83. The first kappa shape index (κ1) is 26.4. The Morgan fingerprint density at radius 3 is 2.43 bits per heavy atom. The number of hydrogen-bond acceptors (Lipinski definition) is 5. The maximum atomic E-state index is 13.8. The number of para-hydroxylation sites is 1. The number of rotatable bonds is 11. The largest absolute Gasteiger partial charge is 0.496 e. The lowest BCUT2D eigenvalue weighted by Gasteiger charge is -2.42. The third-order valence-corrected chi connectivity index (χ3v) is 6.79. The first-order valence-corrected chi connectivity index (χ1v) is 12.3. The monoisotopic (exact) mass is 482 g/mol. The van der Waals surface area contributed by atoms with Crippen LogP contribution < -0.4 is 14.2 Å². The third kappa shape index (κ3) is 6.08. The molecule has 2 unspecified atom stereocenters. The molecule has 190 valence electrons. The zero-order valence-electron chi connectivity index (χ0n) is 21.6. The summed E-state index contributed by atoms with van der Waals surface area (Å²) >= 11 is 0. The van der Waals surface area contributed by atoms with Gasteiger partial charge in [-0.1, -0.05) is 37.6 Å². The molecule has 1 heterocycles. The van der Waals surface area contributed by atoms with Crippen LogP contribution in [0.25, 0.3) is 0 Å². The average molecular weight is 483 g/mol. The molecule has 1 saturated heterocycles. The highest BCUT2D eigenvalue weighted by molar-refractivity contribution is 5.85. The van der Waals surface area contributed by atoms with Gasteiger partial charge < -0.3 is 24.0 Å². The molecule has 0 aliphatic carbocycles. The zero-order valence-corrected chi connectivity index (χ0v) is 21.6. The van der Waals surface area contributed by atoms with E-state index in [-0.39, 0.29) is 23.8 Å². The predicted octanol–water partition coefficient (Wildman–Crippen LogP) is 4.49. The first-order chi connectivity index (χ1) is 16.9. The molecule has 2 atom stereocenters. The van der Waals surface area contributed by atoms with Gasteiger partial charge in [0.05, 0.1) is 33.3 Å². The molecule has 1 aliphatic heterocycles. The van der Waals surface area contributed by atoms with E-state index in [9.17, 15) is 9.59 Å². The Bertz CT molecular complexity index is 1010. The van der Waals surface area contributed by atoms with Gasteiger partial charge in [-0.25, -0.2) is 0 Å². The number of likely N-dealkylation sites (N-methyl/N-ethyl adjacent to an activating group) is 1. The van der Waals surface area contributed by atoms with Crippen LogP contribution in [-0.2, 0) is 16.0 Å². The summed E-state index contributed by atoms with van der Waals surface area (Å²) in [6, 6.07) is 13.2. The van der Waals surface area contributed by atoms with Crippen molar-refractivity contribution in [1.29, 1.82) is 0 Å². The Hall–Kier alpha value is -3.22. The molecule has 7 heteroatoms. The number of nitrogens with zero attached hydrogens (tertiary/aromatic N) is 2. The van der Waals surface area contributed by atoms with Crippen molar-refractivity contribution in [3.8, 4) is 17.2 Å². The molecule has 2 aromatic rings. The molecule has 0 N–H and O–H groups in total. The summed E-state index contributed by atoms with van der Waals surface area (Å²) in [5.41, 5.74) is 1.96. The Balaban J connectivity index is 1.83. The van der Waals surface area contributed by atoms with Crippen molar-refractivity contribution in [2.24, 2.45) is 5.92 Å². The smallest absolute Gasteiger partial charge is 0.227 e. The van der Waals surface area contributed by atoms with E-state index in [0.29, 0.717) is 49.6 Å². The number of hydrogen-bond donors (Lipinski definition) is 0. The van der Waals surface area contributed by atoms with E-state index in [1.807, 2.05) is 54.4 Å². The number of unbranched alkanes of at least 4 members (excludes halogenated alkanes) is 1. The van der Waals surface area contributed by atoms with E-state index < -0.39 is 0 Å². The highest BCUT2D eigenvalue weighted by Gasteiger charge is 2.42. The lowest BCUT2D eigenvalue weighted by Crippen LogP contribution is -2.49. The maximum Gasteiger partial charge on any atom is 0.227 e. The normalized spacial score (nSPS) is 17.7. The number of carbonyl (C=O) groups excluding carboxylic acids is 2. The minimum Gasteiger partial charge on any atom is -0.496 e. The van der Waals surface area contributed by atoms with Crippen LogP contribution in [0.5, 0.6) is 17.2 Å². The Labute approximate surface area is 209 Å². The molecule has 0 spiro atoms. The lowest BCUT2D eigenvalue weighted by atomic mass is 9.82. The van der Waals surface area contributed by atoms with Crippen LogP contribution in [0.4, 0.5) is 0 Å². The van der Waals surface area contributed by atoms with Gasteiger partial charge in [0.15, 0.2) is 11.5 Å². The summed E-state index contributed by atoms with van der Waals surface area (Å²) in [6.07, 6.45) is 3.48. The van der Waals surface area contributed by atoms with Crippen molar-refractivity contribution in [2.45, 2.75) is 45.1 Å². The molecule has 0 aromatic heterocycles. The number of benzene rings is 2. The van der Waals surface area contributed by atoms with Crippen LogP contribution in [0.1, 0.15) is 49.8 Å². The molecule has 0 saturated carbocycles. The zero-order chi connectivity index (χ0) is 25.4. The quantitative estimate of drug-likeness (QED) is 0.472. The van der Waals surface area contributed by atoms with Gasteiger partial charge in [-0.3, -0.25) is 9.59 Å². The molecule has 7 nitrogen and oxygen atoms in total. The van der Waals surface area contributed by atoms with E-state index in [0.717, 1.165) is 24.0 Å². The molecule has 35 heavy (non-hydrogen) atoms. The van der Waals surface area contributed by atoms with Gasteiger partial charge in [0, 0.05) is 32.1 Å². The molecule has 0 radical (unpaired) electrons. The molecule has 1 aliphatic rings. The third-order valence-electron chi connectivity index (χ3n) is 6.79. The van der Waals surface area contributed by atoms with Gasteiger partial charge in [0.25, 0.3) is 0 Å². The molecule has 3 rings (SSSR count). The number of likely N-dealkylation sites (tertiary alicyclic amines) is 1. The number of carbonyl (C=O) groups is 2. The summed E-state index contributed by atoms with van der Waals surface area (Å²) in [7, 11) is 6.70. The Kier molecular flexibility index (Phi) is 9.40. The number of methoxy groups -OCH3 is 3. The second kappa shape index (κ2) is 12.5. The van der Waals surface area contributed by atoms with Gasteiger partial charge in [0.2, 0.25) is 11.8 Å². The SMILES string of the molecule is CCCCN1C(=O)CCC(C(=O)N(C)CCc2ccc(OC)c(OC)c2)C1c1ccccc1OC. The van der Waals surface area contributed by atoms with Crippen LogP contribution in [0.3, 0.4) is 0 Å². The predicted molar refractivity (Wildman–Crippen MR) is 136 cm³/mol. The van der Waals surface area contributed by atoms with E-state index in [1.165, 1.54) is 0 Å². The highest BCUT2D eigenvalue weighted by Crippen LogP contribution is 2.41. The van der Waals surface area contributed by atoms with Crippen LogP contribution >= 0.6 is 0 Å². The topological polar surface area (TPSA) is 68.3 Å². The van der Waals surface area contributed by atoms with Crippen molar-refractivity contribution < 1.29 is 23.8 Å². The van der Waals surface area contributed by atoms with Crippen molar-refractivity contribution in [1.82, 2.24) is 9.80 Å². The maximum absolute atomic E-state index is 13.8. The number of ether oxygens (including phenoxy) is 3. The summed E-state index contributed by atoms with van der Waals surface area (Å²) in [5.74, 6) is 1.89. The van der Waals surface area contributed by atoms with E-state index in [4.69, 9.17) is 14.2 Å². The molecule has 0 bridgehead atoms. The lowest BCUT2D eigenvalue weighted by molar-refractivity contribution is -0.147. The fraction of sp³-hybridized carbons (Fsp3) is 0.500. The summed E-state index contributed by atoms with van der Waals surface area (Å²) in [6.45, 7) is 3.31. The number of piperidine rings is 1. The van der Waals surface area contributed by atoms with E-state index in [1.54, 1.807) is 26.2 Å². The minimum atomic E-state index is -0.338. The molecule has 2 aromatic carbocycles. The van der Waals surface area contributed by atoms with Gasteiger partial charge in [0.1, 0.15) is 5.75 Å². The van der Waals surface area contributed by atoms with Crippen LogP contribution in [0, 0.1) is 5.92 Å². The van der Waals surface area contributed by atoms with Gasteiger partial charge >= 0.3 is 0 Å². The molecular formula is C28H38N2O5. The van der Waals surface area contributed by atoms with Gasteiger partial charge in [-0.2, -0.15) is 0 Å². The summed E-state index contributed by atoms with van der Waals surface area (Å²) < 4.78 is 16.4. The average Bonchev–Trinajstić information content (AvgIpc) is 2.90. The van der Waals surface area contributed by atoms with Crippen molar-refractivity contribution >= 4 is 11.8 Å². The van der Waals surface area contributed by atoms with Crippen molar-refractivity contribution in [3.05, 3.63) is 53.6 Å². The number of amides is 2. The molecular weight excluding hydrogens is 444 g/mol. The summed E-state index contributed by atoms with van der Waals surface area (Å²) in [4.78, 5) is 30.4. The molecule has 1 fully saturated rings. The van der Waals surface area contributed by atoms with Crippen molar-refractivity contribution in [3.63, 3.8) is 0 Å². The van der Waals surface area contributed by atoms with Gasteiger partial charge in [-0.05, 0) is 43.0 Å². The van der Waals surface area contributed by atoms with Crippen LogP contribution in [0.2, 0.25) is 0 Å². The van der Waals surface area contributed by atoms with Crippen LogP contribution in [0.15, 0.2) is 42.5 Å². The Morgan fingerprint density at radius 2 is 1.74 bits per heavy atom. The molecule has 2 amide bonds. The van der Waals surface area contributed by atoms with Crippen LogP contribution in [-0.4, -0.2) is 63.1 Å².